The van der Waals surface area contributed by atoms with Gasteiger partial charge in [0.25, 0.3) is 0 Å². The number of benzene rings is 3. The van der Waals surface area contributed by atoms with Crippen LogP contribution in [0, 0.1) is 0 Å². The first-order valence-electron chi connectivity index (χ1n) is 10.1. The number of primary sulfonamides is 2. The van der Waals surface area contributed by atoms with Gasteiger partial charge in [0.1, 0.15) is 0 Å². The summed E-state index contributed by atoms with van der Waals surface area (Å²) in [5, 5.41) is 10.5. The van der Waals surface area contributed by atoms with Crippen LogP contribution in [0.4, 0.5) is 0 Å². The van der Waals surface area contributed by atoms with E-state index in [0.717, 1.165) is 30.5 Å². The largest absolute Gasteiger partial charge is 0.295 e. The highest BCUT2D eigenvalue weighted by molar-refractivity contribution is 7.89. The first-order chi connectivity index (χ1) is 15.1. The zero-order valence-corrected chi connectivity index (χ0v) is 19.2. The minimum absolute atomic E-state index is 0.0652. The lowest BCUT2D eigenvalue weighted by Crippen LogP contribution is -2.25. The molecule has 0 aliphatic carbocycles. The van der Waals surface area contributed by atoms with Gasteiger partial charge in [-0.15, -0.1) is 0 Å². The molecule has 3 aromatic carbocycles. The predicted octanol–water partition coefficient (Wildman–Crippen LogP) is 2.62. The highest BCUT2D eigenvalue weighted by atomic mass is 32.2. The lowest BCUT2D eigenvalue weighted by atomic mass is 10.1. The van der Waals surface area contributed by atoms with E-state index in [4.69, 9.17) is 10.3 Å². The SMILES string of the molecule is NS(=O)(=O)c1cccc(CN(CCCc2ccccc2)Cc2cccc(S(N)(=O)=O)c2)c1. The summed E-state index contributed by atoms with van der Waals surface area (Å²) in [6, 6.07) is 23.2. The summed E-state index contributed by atoms with van der Waals surface area (Å²) in [4.78, 5) is 2.28. The molecule has 0 saturated carbocycles. The van der Waals surface area contributed by atoms with Gasteiger partial charge in [-0.1, -0.05) is 54.6 Å². The van der Waals surface area contributed by atoms with E-state index in [-0.39, 0.29) is 9.79 Å². The van der Waals surface area contributed by atoms with Gasteiger partial charge in [0, 0.05) is 13.1 Å². The minimum atomic E-state index is -3.79. The Morgan fingerprint density at radius 3 is 1.56 bits per heavy atom. The van der Waals surface area contributed by atoms with Crippen molar-refractivity contribution < 1.29 is 16.8 Å². The summed E-state index contributed by atoms with van der Waals surface area (Å²) >= 11 is 0. The second kappa shape index (κ2) is 10.4. The van der Waals surface area contributed by atoms with Crippen LogP contribution in [-0.2, 0) is 39.6 Å². The molecule has 0 aliphatic heterocycles. The van der Waals surface area contributed by atoms with E-state index in [1.165, 1.54) is 17.7 Å². The number of hydrogen-bond donors (Lipinski definition) is 2. The van der Waals surface area contributed by atoms with Crippen molar-refractivity contribution in [3.8, 4) is 0 Å². The van der Waals surface area contributed by atoms with Gasteiger partial charge < -0.3 is 0 Å². The fourth-order valence-electron chi connectivity index (χ4n) is 3.52. The van der Waals surface area contributed by atoms with Gasteiger partial charge in [0.2, 0.25) is 20.0 Å². The molecule has 0 aliphatic rings. The third-order valence-corrected chi connectivity index (χ3v) is 6.87. The summed E-state index contributed by atoms with van der Waals surface area (Å²) in [6.07, 6.45) is 1.78. The van der Waals surface area contributed by atoms with Gasteiger partial charge in [0.15, 0.2) is 0 Å². The third-order valence-electron chi connectivity index (χ3n) is 5.05. The lowest BCUT2D eigenvalue weighted by Gasteiger charge is -2.23. The van der Waals surface area contributed by atoms with Crippen LogP contribution in [0.1, 0.15) is 23.1 Å². The maximum Gasteiger partial charge on any atom is 0.238 e. The van der Waals surface area contributed by atoms with E-state index in [2.05, 4.69) is 17.0 Å². The molecular formula is C23H27N3O4S2. The van der Waals surface area contributed by atoms with Crippen molar-refractivity contribution in [1.82, 2.24) is 4.90 Å². The van der Waals surface area contributed by atoms with Crippen molar-refractivity contribution in [2.45, 2.75) is 35.7 Å². The molecule has 3 rings (SSSR count). The topological polar surface area (TPSA) is 124 Å². The molecule has 170 valence electrons. The Bertz CT molecular complexity index is 1180. The van der Waals surface area contributed by atoms with Crippen LogP contribution in [-0.4, -0.2) is 28.3 Å². The third kappa shape index (κ3) is 7.25. The Kier molecular flexibility index (Phi) is 7.81. The van der Waals surface area contributed by atoms with Gasteiger partial charge in [-0.3, -0.25) is 4.90 Å². The molecule has 0 radical (unpaired) electrons. The van der Waals surface area contributed by atoms with Crippen molar-refractivity contribution in [3.05, 3.63) is 95.6 Å². The minimum Gasteiger partial charge on any atom is -0.295 e. The summed E-state index contributed by atoms with van der Waals surface area (Å²) < 4.78 is 46.9. The van der Waals surface area contributed by atoms with Gasteiger partial charge in [-0.25, -0.2) is 27.1 Å². The monoisotopic (exact) mass is 473 g/mol. The van der Waals surface area contributed by atoms with Gasteiger partial charge >= 0.3 is 0 Å². The van der Waals surface area contributed by atoms with E-state index < -0.39 is 20.0 Å². The van der Waals surface area contributed by atoms with Crippen molar-refractivity contribution in [3.63, 3.8) is 0 Å². The van der Waals surface area contributed by atoms with Gasteiger partial charge in [0.05, 0.1) is 9.79 Å². The number of nitrogens with two attached hydrogens (primary N) is 2. The van der Waals surface area contributed by atoms with Crippen LogP contribution in [0.3, 0.4) is 0 Å². The molecule has 0 unspecified atom stereocenters. The van der Waals surface area contributed by atoms with Crippen molar-refractivity contribution in [2.75, 3.05) is 6.54 Å². The Hall–Kier alpha value is -2.56. The van der Waals surface area contributed by atoms with Crippen LogP contribution >= 0.6 is 0 Å². The summed E-state index contributed by atoms with van der Waals surface area (Å²) in [7, 11) is -7.59. The van der Waals surface area contributed by atoms with Crippen LogP contribution < -0.4 is 10.3 Å². The molecule has 0 spiro atoms. The predicted molar refractivity (Wildman–Crippen MR) is 125 cm³/mol. The second-order valence-electron chi connectivity index (χ2n) is 7.68. The maximum atomic E-state index is 11.7. The zero-order valence-electron chi connectivity index (χ0n) is 17.6. The standard InChI is InChI=1S/C23H27N3O4S2/c24-31(27,28)22-12-4-9-20(15-22)17-26(14-6-11-19-7-2-1-3-8-19)18-21-10-5-13-23(16-21)32(25,29)30/h1-5,7-10,12-13,15-16H,6,11,14,17-18H2,(H2,24,27,28)(H2,25,29,30). The summed E-state index contributed by atoms with van der Waals surface area (Å²) in [5.74, 6) is 0. The van der Waals surface area contributed by atoms with Gasteiger partial charge in [-0.2, -0.15) is 0 Å². The smallest absolute Gasteiger partial charge is 0.238 e. The fourth-order valence-corrected chi connectivity index (χ4v) is 4.69. The number of rotatable bonds is 10. The Morgan fingerprint density at radius 1 is 0.625 bits per heavy atom. The second-order valence-corrected chi connectivity index (χ2v) is 10.8. The molecule has 0 saturated heterocycles. The number of sulfonamides is 2. The average Bonchev–Trinajstić information content (AvgIpc) is 2.74. The van der Waals surface area contributed by atoms with Crippen molar-refractivity contribution in [1.29, 1.82) is 0 Å². The van der Waals surface area contributed by atoms with Crippen LogP contribution in [0.2, 0.25) is 0 Å². The van der Waals surface area contributed by atoms with E-state index in [9.17, 15) is 16.8 Å². The molecule has 0 aromatic heterocycles. The summed E-state index contributed by atoms with van der Waals surface area (Å²) in [5.41, 5.74) is 2.84. The normalized spacial score (nSPS) is 12.2. The first kappa shape index (κ1) is 24.1. The molecular weight excluding hydrogens is 446 g/mol. The average molecular weight is 474 g/mol. The molecule has 7 nitrogen and oxygen atoms in total. The number of hydrogen-bond acceptors (Lipinski definition) is 5. The number of aryl methyl sites for hydroxylation is 1. The van der Waals surface area contributed by atoms with E-state index >= 15 is 0 Å². The molecule has 4 N–H and O–H groups in total. The molecule has 0 heterocycles. The molecule has 0 atom stereocenters. The van der Waals surface area contributed by atoms with E-state index in [1.807, 2.05) is 30.3 Å². The van der Waals surface area contributed by atoms with Crippen LogP contribution in [0.15, 0.2) is 88.7 Å². The molecule has 3 aromatic rings. The lowest BCUT2D eigenvalue weighted by molar-refractivity contribution is 0.253. The molecule has 0 amide bonds. The highest BCUT2D eigenvalue weighted by Gasteiger charge is 2.13. The van der Waals surface area contributed by atoms with Crippen LogP contribution in [0.5, 0.6) is 0 Å². The molecule has 9 heteroatoms. The highest BCUT2D eigenvalue weighted by Crippen LogP contribution is 2.17. The Morgan fingerprint density at radius 2 is 1.09 bits per heavy atom. The summed E-state index contributed by atoms with van der Waals surface area (Å²) in [6.45, 7) is 1.70. The fraction of sp³-hybridized carbons (Fsp3) is 0.217. The Balaban J connectivity index is 1.79. The zero-order chi connectivity index (χ0) is 23.2. The molecule has 32 heavy (non-hydrogen) atoms. The Labute approximate surface area is 189 Å². The van der Waals surface area contributed by atoms with Crippen molar-refractivity contribution >= 4 is 20.0 Å². The van der Waals surface area contributed by atoms with E-state index in [0.29, 0.717) is 13.1 Å². The first-order valence-corrected chi connectivity index (χ1v) is 13.2. The molecule has 0 bridgehead atoms. The quantitative estimate of drug-likeness (QED) is 0.468. The number of nitrogens with zero attached hydrogens (tertiary/aromatic N) is 1. The maximum absolute atomic E-state index is 11.7. The molecule has 0 fully saturated rings. The van der Waals surface area contributed by atoms with Crippen molar-refractivity contribution in [2.24, 2.45) is 10.3 Å². The van der Waals surface area contributed by atoms with Gasteiger partial charge in [-0.05, 0) is 60.3 Å². The van der Waals surface area contributed by atoms with E-state index in [1.54, 1.807) is 24.3 Å². The van der Waals surface area contributed by atoms with Crippen LogP contribution in [0.25, 0.3) is 0 Å².